The molecule has 1 spiro atoms. The number of hydrogen-bond donors (Lipinski definition) is 3. The highest BCUT2D eigenvalue weighted by molar-refractivity contribution is 6.38. The molecule has 2 aliphatic heterocycles. The second kappa shape index (κ2) is 15.3. The number of Topliss-reactive ketones (excluding diaryl/α,β-unsaturated/α-hetero) is 1. The van der Waals surface area contributed by atoms with E-state index in [1.54, 1.807) is 13.2 Å². The van der Waals surface area contributed by atoms with Crippen LogP contribution in [0.15, 0.2) is 17.3 Å². The van der Waals surface area contributed by atoms with E-state index in [2.05, 4.69) is 21.1 Å². The number of halogens is 1. The molecule has 5 rings (SSSR count). The smallest absolute Gasteiger partial charge is 0.289 e. The van der Waals surface area contributed by atoms with Gasteiger partial charge in [0.15, 0.2) is 5.60 Å². The predicted molar refractivity (Wildman–Crippen MR) is 189 cm³/mol. The average molecular weight is 714 g/mol. The number of nitrogens with one attached hydrogen (secondary N) is 3. The number of likely N-dealkylation sites (N-methyl/N-ethyl adjacent to an activating group) is 1. The van der Waals surface area contributed by atoms with E-state index in [0.717, 1.165) is 49.7 Å². The van der Waals surface area contributed by atoms with Crippen LogP contribution >= 0.6 is 11.6 Å². The summed E-state index contributed by atoms with van der Waals surface area (Å²) in [5, 5.41) is 13.1. The fraction of sp³-hybridized carbons (Fsp3) is 0.676. The van der Waals surface area contributed by atoms with E-state index in [4.69, 9.17) is 21.2 Å². The fourth-order valence-electron chi connectivity index (χ4n) is 7.55. The van der Waals surface area contributed by atoms with Crippen LogP contribution in [0.5, 0.6) is 5.75 Å². The van der Waals surface area contributed by atoms with E-state index < -0.39 is 52.6 Å². The van der Waals surface area contributed by atoms with Crippen LogP contribution < -0.4 is 20.7 Å². The average Bonchev–Trinajstić information content (AvgIpc) is 3.68. The lowest BCUT2D eigenvalue weighted by atomic mass is 9.84. The molecule has 4 amide bonds. The first kappa shape index (κ1) is 37.6. The summed E-state index contributed by atoms with van der Waals surface area (Å²) in [7, 11) is 2.92. The molecule has 2 saturated carbocycles. The second-order valence-electron chi connectivity index (χ2n) is 15.7. The Morgan fingerprint density at radius 3 is 2.38 bits per heavy atom. The maximum atomic E-state index is 14.6. The molecule has 3 fully saturated rings. The summed E-state index contributed by atoms with van der Waals surface area (Å²) in [6, 6.07) is 0.584. The van der Waals surface area contributed by atoms with Crippen molar-refractivity contribution in [2.75, 3.05) is 20.7 Å². The zero-order chi connectivity index (χ0) is 36.4. The predicted octanol–water partition coefficient (Wildman–Crippen LogP) is 4.22. The molecule has 12 nitrogen and oxygen atoms in total. The lowest BCUT2D eigenvalue weighted by Gasteiger charge is -2.36. The number of aryl methyl sites for hydroxylation is 1. The molecule has 0 aromatic heterocycles. The number of likely N-dealkylation sites (tertiary alicyclic amines) is 1. The van der Waals surface area contributed by atoms with Crippen molar-refractivity contribution in [3.63, 3.8) is 0 Å². The first-order valence-electron chi connectivity index (χ1n) is 17.9. The van der Waals surface area contributed by atoms with Crippen molar-refractivity contribution in [3.05, 3.63) is 28.3 Å². The first-order chi connectivity index (χ1) is 23.6. The maximum absolute atomic E-state index is 14.6. The van der Waals surface area contributed by atoms with Crippen molar-refractivity contribution >= 4 is 46.7 Å². The van der Waals surface area contributed by atoms with Gasteiger partial charge in [0.25, 0.3) is 5.91 Å². The van der Waals surface area contributed by atoms with Gasteiger partial charge in [-0.1, -0.05) is 69.6 Å². The topological polar surface area (TPSA) is 156 Å². The molecule has 274 valence electrons. The van der Waals surface area contributed by atoms with Crippen LogP contribution in [0.2, 0.25) is 5.02 Å². The monoisotopic (exact) mass is 713 g/mol. The normalized spacial score (nSPS) is 23.5. The van der Waals surface area contributed by atoms with Gasteiger partial charge in [0.1, 0.15) is 17.8 Å². The van der Waals surface area contributed by atoms with E-state index in [-0.39, 0.29) is 30.7 Å². The van der Waals surface area contributed by atoms with Crippen molar-refractivity contribution in [2.45, 2.75) is 122 Å². The Morgan fingerprint density at radius 2 is 1.76 bits per heavy atom. The van der Waals surface area contributed by atoms with Gasteiger partial charge < -0.3 is 30.4 Å². The number of methoxy groups -OCH3 is 1. The SMILES string of the molecule is CNC(=O)C(=O)[C@H](CC1CC1)NC(=O)[C@@H]1C[C@]2(CC(c3cc(Cl)c(OC)cc3C)=NO2)CN1C(=O)C(NC(=O)CC1CCCCC1)C(C)(C)C. The fourth-order valence-corrected chi connectivity index (χ4v) is 7.79. The number of carbonyl (C=O) groups excluding carboxylic acids is 5. The number of ether oxygens (including phenoxy) is 1. The summed E-state index contributed by atoms with van der Waals surface area (Å²) in [5.74, 6) is -1.62. The maximum Gasteiger partial charge on any atom is 0.289 e. The minimum atomic E-state index is -1.04. The van der Waals surface area contributed by atoms with Crippen LogP contribution in [0, 0.1) is 24.2 Å². The number of rotatable bonds is 12. The van der Waals surface area contributed by atoms with Gasteiger partial charge in [0, 0.05) is 31.9 Å². The van der Waals surface area contributed by atoms with Crippen LogP contribution in [0.3, 0.4) is 0 Å². The Bertz CT molecular complexity index is 1530. The van der Waals surface area contributed by atoms with Gasteiger partial charge in [-0.2, -0.15) is 0 Å². The summed E-state index contributed by atoms with van der Waals surface area (Å²) in [6.07, 6.45) is 8.28. The van der Waals surface area contributed by atoms with E-state index >= 15 is 0 Å². The largest absolute Gasteiger partial charge is 0.495 e. The standard InChI is InChI=1S/C37H52ClN5O7/c1-21-14-29(49-6)25(38)17-24(21)27-18-37(50-42-27)19-28(33(46)40-26(15-23-12-13-23)31(45)34(47)39-5)43(20-37)35(48)32(36(2,3)4)41-30(44)16-22-10-8-7-9-11-22/h14,17,22-23,26,28,32H,7-13,15-16,18-20H2,1-6H3,(H,39,47)(H,40,46)(H,41,44)/t26-,28-,32?,37+/m0/s1. The van der Waals surface area contributed by atoms with Crippen LogP contribution in [0.4, 0.5) is 0 Å². The van der Waals surface area contributed by atoms with Gasteiger partial charge >= 0.3 is 0 Å². The third kappa shape index (κ3) is 8.61. The number of ketones is 1. The highest BCUT2D eigenvalue weighted by Gasteiger charge is 2.56. The Hall–Kier alpha value is -3.67. The van der Waals surface area contributed by atoms with Crippen molar-refractivity contribution in [1.29, 1.82) is 0 Å². The molecule has 2 aliphatic carbocycles. The van der Waals surface area contributed by atoms with Gasteiger partial charge in [-0.25, -0.2) is 0 Å². The van der Waals surface area contributed by atoms with Gasteiger partial charge in [-0.05, 0) is 61.1 Å². The molecule has 0 radical (unpaired) electrons. The highest BCUT2D eigenvalue weighted by Crippen LogP contribution is 2.42. The van der Waals surface area contributed by atoms with Gasteiger partial charge in [-0.3, -0.25) is 24.0 Å². The van der Waals surface area contributed by atoms with Crippen molar-refractivity contribution in [3.8, 4) is 5.75 Å². The molecule has 1 aromatic rings. The van der Waals surface area contributed by atoms with E-state index in [0.29, 0.717) is 35.7 Å². The Labute approximate surface area is 299 Å². The summed E-state index contributed by atoms with van der Waals surface area (Å²) in [6.45, 7) is 7.59. The molecule has 50 heavy (non-hydrogen) atoms. The Balaban J connectivity index is 1.42. The van der Waals surface area contributed by atoms with Crippen molar-refractivity contribution in [2.24, 2.45) is 22.4 Å². The minimum absolute atomic E-state index is 0.0294. The minimum Gasteiger partial charge on any atom is -0.495 e. The van der Waals surface area contributed by atoms with Crippen molar-refractivity contribution in [1.82, 2.24) is 20.9 Å². The molecule has 3 N–H and O–H groups in total. The van der Waals surface area contributed by atoms with Gasteiger partial charge in [0.05, 0.1) is 30.4 Å². The number of carbonyl (C=O) groups is 5. The quantitative estimate of drug-likeness (QED) is 0.274. The van der Waals surface area contributed by atoms with Crippen molar-refractivity contribution < 1.29 is 33.5 Å². The highest BCUT2D eigenvalue weighted by atomic mass is 35.5. The van der Waals surface area contributed by atoms with Gasteiger partial charge in [-0.15, -0.1) is 0 Å². The third-order valence-corrected chi connectivity index (χ3v) is 10.9. The molecule has 4 atom stereocenters. The molecule has 1 unspecified atom stereocenters. The summed E-state index contributed by atoms with van der Waals surface area (Å²) >= 11 is 6.47. The number of nitrogens with zero attached hydrogens (tertiary/aromatic N) is 2. The van der Waals surface area contributed by atoms with Gasteiger partial charge in [0.2, 0.25) is 23.5 Å². The van der Waals surface area contributed by atoms with Crippen LogP contribution in [-0.2, 0) is 28.8 Å². The van der Waals surface area contributed by atoms with Crippen LogP contribution in [0.25, 0.3) is 0 Å². The van der Waals surface area contributed by atoms with Crippen LogP contribution in [-0.4, -0.2) is 84.5 Å². The molecule has 1 aromatic carbocycles. The third-order valence-electron chi connectivity index (χ3n) is 10.6. The molecule has 0 bridgehead atoms. The lowest BCUT2D eigenvalue weighted by Crippen LogP contribution is -2.59. The van der Waals surface area contributed by atoms with Crippen LogP contribution in [0.1, 0.15) is 103 Å². The molecule has 13 heteroatoms. The summed E-state index contributed by atoms with van der Waals surface area (Å²) < 4.78 is 5.36. The number of oxime groups is 1. The molecular weight excluding hydrogens is 662 g/mol. The number of benzene rings is 1. The number of amides is 4. The Kier molecular flexibility index (Phi) is 11.5. The molecule has 1 saturated heterocycles. The molecular formula is C37H52ClN5O7. The zero-order valence-electron chi connectivity index (χ0n) is 30.2. The molecule has 4 aliphatic rings. The second-order valence-corrected chi connectivity index (χ2v) is 16.1. The Morgan fingerprint density at radius 1 is 1.06 bits per heavy atom. The zero-order valence-corrected chi connectivity index (χ0v) is 30.9. The lowest BCUT2D eigenvalue weighted by molar-refractivity contribution is -0.145. The summed E-state index contributed by atoms with van der Waals surface area (Å²) in [4.78, 5) is 75.3. The molecule has 2 heterocycles. The van der Waals surface area contributed by atoms with E-state index in [9.17, 15) is 24.0 Å². The van der Waals surface area contributed by atoms with E-state index in [1.165, 1.54) is 18.4 Å². The summed E-state index contributed by atoms with van der Waals surface area (Å²) in [5.41, 5.74) is 0.526. The number of hydrogen-bond acceptors (Lipinski definition) is 8. The first-order valence-corrected chi connectivity index (χ1v) is 18.3. The van der Waals surface area contributed by atoms with E-state index in [1.807, 2.05) is 33.8 Å².